The summed E-state index contributed by atoms with van der Waals surface area (Å²) in [6, 6.07) is 8.65. The summed E-state index contributed by atoms with van der Waals surface area (Å²) in [5.41, 5.74) is 2.45. The fourth-order valence-corrected chi connectivity index (χ4v) is 3.16. The minimum Gasteiger partial charge on any atom is -0.411 e. The van der Waals surface area contributed by atoms with E-state index in [-0.39, 0.29) is 5.78 Å². The molecule has 0 bridgehead atoms. The molecule has 0 radical (unpaired) electrons. The molecule has 0 spiro atoms. The number of carbonyl (C=O) groups excluding carboxylic acids is 1. The zero-order chi connectivity index (χ0) is 15.9. The van der Waals surface area contributed by atoms with Crippen LogP contribution in [0.3, 0.4) is 0 Å². The predicted octanol–water partition coefficient (Wildman–Crippen LogP) is 4.00. The largest absolute Gasteiger partial charge is 0.411 e. The maximum absolute atomic E-state index is 12.5. The summed E-state index contributed by atoms with van der Waals surface area (Å²) in [5.74, 6) is 0.0603. The smallest absolute Gasteiger partial charge is 0.192 e. The second kappa shape index (κ2) is 8.10. The van der Waals surface area contributed by atoms with Crippen molar-refractivity contribution in [3.63, 3.8) is 0 Å². The first-order chi connectivity index (χ1) is 9.86. The van der Waals surface area contributed by atoms with Crippen molar-refractivity contribution in [2.75, 3.05) is 0 Å². The number of benzene rings is 1. The summed E-state index contributed by atoms with van der Waals surface area (Å²) >= 11 is 0. The molecule has 0 heterocycles. The van der Waals surface area contributed by atoms with Gasteiger partial charge in [-0.3, -0.25) is 4.79 Å². The first kappa shape index (κ1) is 17.6. The molecule has 0 N–H and O–H groups in total. The number of hydrogen-bond acceptors (Lipinski definition) is 2. The van der Waals surface area contributed by atoms with Gasteiger partial charge in [0, 0.05) is 5.56 Å². The highest BCUT2D eigenvalue weighted by Crippen LogP contribution is 2.18. The maximum Gasteiger partial charge on any atom is 0.192 e. The van der Waals surface area contributed by atoms with Crippen LogP contribution < -0.4 is 0 Å². The highest BCUT2D eigenvalue weighted by molar-refractivity contribution is 6.29. The van der Waals surface area contributed by atoms with E-state index in [1.54, 1.807) is 0 Å². The standard InChI is InChI=1S/C18H26O2Si/c1-6-7-8-15(3)13-21-20-18(4,5)17(19)16-11-9-14(2)10-12-16/h6-12H,13,21H2,1-5H3/b7-6-,15-8+. The average molecular weight is 302 g/mol. The molecule has 0 aliphatic carbocycles. The van der Waals surface area contributed by atoms with Gasteiger partial charge in [0.25, 0.3) is 0 Å². The number of rotatable bonds is 7. The van der Waals surface area contributed by atoms with Crippen molar-refractivity contribution in [1.82, 2.24) is 0 Å². The van der Waals surface area contributed by atoms with Crippen LogP contribution in [0.2, 0.25) is 6.04 Å². The molecule has 0 amide bonds. The van der Waals surface area contributed by atoms with Crippen molar-refractivity contribution >= 4 is 15.5 Å². The van der Waals surface area contributed by atoms with Crippen molar-refractivity contribution in [2.45, 2.75) is 46.3 Å². The van der Waals surface area contributed by atoms with E-state index in [4.69, 9.17) is 4.43 Å². The zero-order valence-electron chi connectivity index (χ0n) is 13.8. The van der Waals surface area contributed by atoms with E-state index in [0.717, 1.165) is 17.2 Å². The van der Waals surface area contributed by atoms with Gasteiger partial charge in [0.1, 0.15) is 5.60 Å². The third-order valence-corrected chi connectivity index (χ3v) is 5.31. The number of Topliss-reactive ketones (excluding diaryl/α,β-unsaturated/α-hetero) is 1. The lowest BCUT2D eigenvalue weighted by atomic mass is 9.96. The molecular formula is C18H26O2Si. The van der Waals surface area contributed by atoms with Gasteiger partial charge >= 0.3 is 0 Å². The Kier molecular flexibility index (Phi) is 6.79. The van der Waals surface area contributed by atoms with Gasteiger partial charge in [-0.05, 0) is 40.7 Å². The Balaban J connectivity index is 2.60. The van der Waals surface area contributed by atoms with Gasteiger partial charge < -0.3 is 4.43 Å². The van der Waals surface area contributed by atoms with E-state index in [1.807, 2.05) is 64.1 Å². The summed E-state index contributed by atoms with van der Waals surface area (Å²) in [6.45, 7) is 9.86. The SMILES string of the molecule is C/C=C\C=C(/C)C[SiH2]OC(C)(C)C(=O)c1ccc(C)cc1. The molecule has 1 aromatic rings. The van der Waals surface area contributed by atoms with Crippen LogP contribution in [0.5, 0.6) is 0 Å². The van der Waals surface area contributed by atoms with E-state index < -0.39 is 15.4 Å². The molecule has 3 heteroatoms. The van der Waals surface area contributed by atoms with Crippen LogP contribution >= 0.6 is 0 Å². The Labute approximate surface area is 130 Å². The summed E-state index contributed by atoms with van der Waals surface area (Å²) in [4.78, 5) is 12.5. The summed E-state index contributed by atoms with van der Waals surface area (Å²) < 4.78 is 5.95. The molecule has 0 unspecified atom stereocenters. The second-order valence-corrected chi connectivity index (χ2v) is 7.04. The molecule has 0 saturated carbocycles. The highest BCUT2D eigenvalue weighted by atomic mass is 28.2. The number of allylic oxidation sites excluding steroid dienone is 4. The number of ketones is 1. The first-order valence-electron chi connectivity index (χ1n) is 7.40. The van der Waals surface area contributed by atoms with Gasteiger partial charge in [0.2, 0.25) is 0 Å². The minimum atomic E-state index is -0.747. The molecule has 21 heavy (non-hydrogen) atoms. The van der Waals surface area contributed by atoms with Gasteiger partial charge in [-0.2, -0.15) is 0 Å². The lowest BCUT2D eigenvalue weighted by Crippen LogP contribution is -2.36. The lowest BCUT2D eigenvalue weighted by Gasteiger charge is -2.24. The lowest BCUT2D eigenvalue weighted by molar-refractivity contribution is 0.0597. The van der Waals surface area contributed by atoms with Crippen LogP contribution in [0.25, 0.3) is 0 Å². The Hall–Kier alpha value is -1.45. The minimum absolute atomic E-state index is 0.0603. The van der Waals surface area contributed by atoms with Crippen molar-refractivity contribution in [3.05, 3.63) is 59.2 Å². The van der Waals surface area contributed by atoms with E-state index in [0.29, 0.717) is 0 Å². The molecule has 0 aromatic heterocycles. The number of hydrogen-bond donors (Lipinski definition) is 0. The normalized spacial score (nSPS) is 13.5. The topological polar surface area (TPSA) is 26.3 Å². The first-order valence-corrected chi connectivity index (χ1v) is 8.98. The molecule has 114 valence electrons. The van der Waals surface area contributed by atoms with Crippen LogP contribution in [0.4, 0.5) is 0 Å². The van der Waals surface area contributed by atoms with Gasteiger partial charge in [-0.1, -0.05) is 53.6 Å². The van der Waals surface area contributed by atoms with Crippen molar-refractivity contribution in [2.24, 2.45) is 0 Å². The van der Waals surface area contributed by atoms with Crippen LogP contribution in [0, 0.1) is 6.92 Å². The quantitative estimate of drug-likeness (QED) is 0.432. The number of aryl methyl sites for hydroxylation is 1. The van der Waals surface area contributed by atoms with Crippen molar-refractivity contribution < 1.29 is 9.22 Å². The van der Waals surface area contributed by atoms with Crippen LogP contribution in [0.15, 0.2) is 48.1 Å². The highest BCUT2D eigenvalue weighted by Gasteiger charge is 2.28. The summed E-state index contributed by atoms with van der Waals surface area (Å²) in [7, 11) is -0.747. The predicted molar refractivity (Wildman–Crippen MR) is 92.6 cm³/mol. The average Bonchev–Trinajstić information content (AvgIpc) is 2.45. The third-order valence-electron chi connectivity index (χ3n) is 3.39. The van der Waals surface area contributed by atoms with Crippen LogP contribution in [-0.4, -0.2) is 21.1 Å². The molecular weight excluding hydrogens is 276 g/mol. The van der Waals surface area contributed by atoms with E-state index in [1.165, 1.54) is 5.57 Å². The van der Waals surface area contributed by atoms with E-state index in [2.05, 4.69) is 13.0 Å². The molecule has 1 rings (SSSR count). The Bertz CT molecular complexity index is 525. The van der Waals surface area contributed by atoms with Crippen LogP contribution in [-0.2, 0) is 4.43 Å². The maximum atomic E-state index is 12.5. The fourth-order valence-electron chi connectivity index (χ4n) is 1.93. The molecule has 0 aliphatic heterocycles. The van der Waals surface area contributed by atoms with Crippen LogP contribution in [0.1, 0.15) is 43.6 Å². The van der Waals surface area contributed by atoms with Gasteiger partial charge in [0.05, 0.1) is 0 Å². The van der Waals surface area contributed by atoms with E-state index in [9.17, 15) is 4.79 Å². The molecule has 0 fully saturated rings. The number of carbonyl (C=O) groups is 1. The molecule has 2 nitrogen and oxygen atoms in total. The monoisotopic (exact) mass is 302 g/mol. The summed E-state index contributed by atoms with van der Waals surface area (Å²) in [6.07, 6.45) is 6.15. The molecule has 1 aromatic carbocycles. The Morgan fingerprint density at radius 2 is 1.90 bits per heavy atom. The van der Waals surface area contributed by atoms with E-state index >= 15 is 0 Å². The van der Waals surface area contributed by atoms with Gasteiger partial charge in [-0.25, -0.2) is 0 Å². The Morgan fingerprint density at radius 3 is 2.48 bits per heavy atom. The van der Waals surface area contributed by atoms with Crippen molar-refractivity contribution in [3.8, 4) is 0 Å². The zero-order valence-corrected chi connectivity index (χ0v) is 15.2. The molecule has 0 aliphatic rings. The van der Waals surface area contributed by atoms with Gasteiger partial charge in [-0.15, -0.1) is 0 Å². The van der Waals surface area contributed by atoms with Crippen molar-refractivity contribution in [1.29, 1.82) is 0 Å². The third kappa shape index (κ3) is 5.82. The fraction of sp³-hybridized carbons (Fsp3) is 0.389. The second-order valence-electron chi connectivity index (χ2n) is 5.84. The Morgan fingerprint density at radius 1 is 1.29 bits per heavy atom. The molecule has 0 saturated heterocycles. The molecule has 0 atom stereocenters. The summed E-state index contributed by atoms with van der Waals surface area (Å²) in [5, 5.41) is 0. The van der Waals surface area contributed by atoms with Gasteiger partial charge in [0.15, 0.2) is 15.5 Å².